The average Bonchev–Trinajstić information content (AvgIpc) is 2.62. The third kappa shape index (κ3) is 8.74. The van der Waals surface area contributed by atoms with Crippen LogP contribution >= 0.6 is 7.82 Å². The highest BCUT2D eigenvalue weighted by Crippen LogP contribution is 2.39. The molecule has 0 saturated carbocycles. The molecule has 28 heavy (non-hydrogen) atoms. The zero-order valence-electron chi connectivity index (χ0n) is 16.6. The molecule has 0 aromatic heterocycles. The van der Waals surface area contributed by atoms with E-state index in [4.69, 9.17) is 14.5 Å². The number of carbonyl (C=O) groups is 1. The van der Waals surface area contributed by atoms with E-state index < -0.39 is 13.9 Å². The Balaban J connectivity index is 1.58. The van der Waals surface area contributed by atoms with E-state index in [2.05, 4.69) is 11.4 Å². The SMILES string of the molecule is CCCCCCCCOc1ccc(CCC(=O)N2CC(OP(=O)(O)O)C2)cc1. The first-order valence-corrected chi connectivity index (χ1v) is 11.6. The summed E-state index contributed by atoms with van der Waals surface area (Å²) >= 11 is 0. The average molecular weight is 413 g/mol. The van der Waals surface area contributed by atoms with Crippen LogP contribution in [0.15, 0.2) is 24.3 Å². The van der Waals surface area contributed by atoms with Crippen LogP contribution < -0.4 is 4.74 Å². The van der Waals surface area contributed by atoms with Crippen molar-refractivity contribution in [2.75, 3.05) is 19.7 Å². The normalized spacial score (nSPS) is 14.8. The molecule has 2 rings (SSSR count). The van der Waals surface area contributed by atoms with Gasteiger partial charge in [0.15, 0.2) is 0 Å². The molecule has 1 aliphatic heterocycles. The first-order chi connectivity index (χ1) is 13.4. The third-order valence-electron chi connectivity index (χ3n) is 4.80. The Kier molecular flexibility index (Phi) is 9.45. The van der Waals surface area contributed by atoms with Gasteiger partial charge in [0.2, 0.25) is 5.91 Å². The Morgan fingerprint density at radius 3 is 2.39 bits per heavy atom. The summed E-state index contributed by atoms with van der Waals surface area (Å²) in [5.41, 5.74) is 1.06. The maximum atomic E-state index is 12.1. The van der Waals surface area contributed by atoms with Gasteiger partial charge in [0.25, 0.3) is 0 Å². The van der Waals surface area contributed by atoms with Crippen LogP contribution in [-0.4, -0.2) is 46.4 Å². The van der Waals surface area contributed by atoms with Gasteiger partial charge in [0.05, 0.1) is 6.61 Å². The highest BCUT2D eigenvalue weighted by atomic mass is 31.2. The fourth-order valence-electron chi connectivity index (χ4n) is 3.14. The Hall–Kier alpha value is -1.40. The molecule has 2 N–H and O–H groups in total. The van der Waals surface area contributed by atoms with Crippen LogP contribution in [0.1, 0.15) is 57.4 Å². The van der Waals surface area contributed by atoms with Crippen LogP contribution in [0.4, 0.5) is 0 Å². The molecule has 0 spiro atoms. The zero-order valence-corrected chi connectivity index (χ0v) is 17.5. The molecule has 0 unspecified atom stereocenters. The summed E-state index contributed by atoms with van der Waals surface area (Å²) in [5, 5.41) is 0. The first-order valence-electron chi connectivity index (χ1n) is 10.1. The predicted octanol–water partition coefficient (Wildman–Crippen LogP) is 3.68. The molecule has 1 aromatic rings. The van der Waals surface area contributed by atoms with Crippen molar-refractivity contribution in [3.8, 4) is 5.75 Å². The summed E-state index contributed by atoms with van der Waals surface area (Å²) < 4.78 is 21.1. The van der Waals surface area contributed by atoms with E-state index in [1.54, 1.807) is 4.90 Å². The summed E-state index contributed by atoms with van der Waals surface area (Å²) in [6.07, 6.45) is 7.83. The van der Waals surface area contributed by atoms with Crippen molar-refractivity contribution in [3.05, 3.63) is 29.8 Å². The molecular weight excluding hydrogens is 381 g/mol. The maximum Gasteiger partial charge on any atom is 0.469 e. The number of benzene rings is 1. The Bertz CT molecular complexity index is 639. The lowest BCUT2D eigenvalue weighted by atomic mass is 10.1. The number of phosphoric ester groups is 1. The van der Waals surface area contributed by atoms with Crippen LogP contribution in [-0.2, 0) is 20.3 Å². The summed E-state index contributed by atoms with van der Waals surface area (Å²) in [4.78, 5) is 31.1. The van der Waals surface area contributed by atoms with Crippen molar-refractivity contribution < 1.29 is 28.4 Å². The monoisotopic (exact) mass is 413 g/mol. The number of aryl methyl sites for hydroxylation is 1. The van der Waals surface area contributed by atoms with Gasteiger partial charge in [0, 0.05) is 19.5 Å². The number of likely N-dealkylation sites (tertiary alicyclic amines) is 1. The Labute approximate surface area is 167 Å². The van der Waals surface area contributed by atoms with Gasteiger partial charge in [-0.05, 0) is 30.5 Å². The van der Waals surface area contributed by atoms with Crippen LogP contribution in [0.3, 0.4) is 0 Å². The minimum absolute atomic E-state index is 0.0334. The molecule has 0 atom stereocenters. The van der Waals surface area contributed by atoms with Crippen molar-refractivity contribution in [1.29, 1.82) is 0 Å². The van der Waals surface area contributed by atoms with E-state index in [-0.39, 0.29) is 19.0 Å². The summed E-state index contributed by atoms with van der Waals surface area (Å²) in [6.45, 7) is 3.41. The van der Waals surface area contributed by atoms with Gasteiger partial charge in [-0.1, -0.05) is 51.2 Å². The topological polar surface area (TPSA) is 96.3 Å². The van der Waals surface area contributed by atoms with Crippen LogP contribution in [0.5, 0.6) is 5.75 Å². The molecular formula is C20H32NO6P. The molecule has 8 heteroatoms. The Morgan fingerprint density at radius 1 is 1.11 bits per heavy atom. The first kappa shape index (κ1) is 22.9. The molecule has 1 heterocycles. The van der Waals surface area contributed by atoms with Crippen molar-refractivity contribution in [2.24, 2.45) is 0 Å². The highest BCUT2D eigenvalue weighted by molar-refractivity contribution is 7.46. The van der Waals surface area contributed by atoms with Crippen LogP contribution in [0.25, 0.3) is 0 Å². The molecule has 1 aromatic carbocycles. The van der Waals surface area contributed by atoms with E-state index in [0.29, 0.717) is 12.8 Å². The van der Waals surface area contributed by atoms with Gasteiger partial charge in [-0.3, -0.25) is 9.32 Å². The van der Waals surface area contributed by atoms with E-state index in [9.17, 15) is 9.36 Å². The van der Waals surface area contributed by atoms with Gasteiger partial charge >= 0.3 is 7.82 Å². The zero-order chi connectivity index (χ0) is 20.4. The number of amides is 1. The van der Waals surface area contributed by atoms with Crippen molar-refractivity contribution >= 4 is 13.7 Å². The van der Waals surface area contributed by atoms with Crippen LogP contribution in [0.2, 0.25) is 0 Å². The molecule has 0 aliphatic carbocycles. The smallest absolute Gasteiger partial charge is 0.469 e. The fourth-order valence-corrected chi connectivity index (χ4v) is 3.66. The summed E-state index contributed by atoms with van der Waals surface area (Å²) in [5.74, 6) is 0.817. The minimum Gasteiger partial charge on any atom is -0.494 e. The van der Waals surface area contributed by atoms with E-state index in [1.165, 1.54) is 32.1 Å². The van der Waals surface area contributed by atoms with Crippen molar-refractivity contribution in [3.63, 3.8) is 0 Å². The minimum atomic E-state index is -4.48. The standard InChI is InChI=1S/C20H32NO6P/c1-2-3-4-5-6-7-14-26-18-11-8-17(9-12-18)10-13-20(22)21-15-19(16-21)27-28(23,24)25/h8-9,11-12,19H,2-7,10,13-16H2,1H3,(H2,23,24,25). The molecule has 1 aliphatic rings. The molecule has 158 valence electrons. The van der Waals surface area contributed by atoms with Crippen molar-refractivity contribution in [2.45, 2.75) is 64.4 Å². The number of phosphoric acid groups is 1. The van der Waals surface area contributed by atoms with Gasteiger partial charge in [-0.25, -0.2) is 4.57 Å². The number of unbranched alkanes of at least 4 members (excludes halogenated alkanes) is 5. The van der Waals surface area contributed by atoms with Gasteiger partial charge < -0.3 is 19.4 Å². The number of nitrogens with zero attached hydrogens (tertiary/aromatic N) is 1. The molecule has 1 saturated heterocycles. The molecule has 1 fully saturated rings. The predicted molar refractivity (Wildman–Crippen MR) is 107 cm³/mol. The number of hydrogen-bond donors (Lipinski definition) is 2. The largest absolute Gasteiger partial charge is 0.494 e. The molecule has 7 nitrogen and oxygen atoms in total. The number of carbonyl (C=O) groups excluding carboxylic acids is 1. The van der Waals surface area contributed by atoms with E-state index in [0.717, 1.165) is 24.3 Å². The second-order valence-electron chi connectivity index (χ2n) is 7.28. The second-order valence-corrected chi connectivity index (χ2v) is 8.47. The van der Waals surface area contributed by atoms with Gasteiger partial charge in [0.1, 0.15) is 11.9 Å². The highest BCUT2D eigenvalue weighted by Gasteiger charge is 2.35. The lowest BCUT2D eigenvalue weighted by Crippen LogP contribution is -2.54. The molecule has 1 amide bonds. The van der Waals surface area contributed by atoms with Gasteiger partial charge in [-0.2, -0.15) is 0 Å². The quantitative estimate of drug-likeness (QED) is 0.378. The summed E-state index contributed by atoms with van der Waals surface area (Å²) in [7, 11) is -4.48. The lowest BCUT2D eigenvalue weighted by Gasteiger charge is -2.38. The third-order valence-corrected chi connectivity index (χ3v) is 5.38. The van der Waals surface area contributed by atoms with Crippen molar-refractivity contribution in [1.82, 2.24) is 4.90 Å². The van der Waals surface area contributed by atoms with E-state index in [1.807, 2.05) is 24.3 Å². The van der Waals surface area contributed by atoms with Crippen LogP contribution in [0, 0.1) is 0 Å². The van der Waals surface area contributed by atoms with E-state index >= 15 is 0 Å². The number of ether oxygens (including phenoxy) is 1. The lowest BCUT2D eigenvalue weighted by molar-refractivity contribution is -0.140. The second kappa shape index (κ2) is 11.6. The number of hydrogen-bond acceptors (Lipinski definition) is 4. The van der Waals surface area contributed by atoms with Gasteiger partial charge in [-0.15, -0.1) is 0 Å². The summed E-state index contributed by atoms with van der Waals surface area (Å²) in [6, 6.07) is 7.81. The molecule has 0 bridgehead atoms. The Morgan fingerprint density at radius 2 is 1.75 bits per heavy atom. The fraction of sp³-hybridized carbons (Fsp3) is 0.650. The number of rotatable bonds is 13. The molecule has 0 radical (unpaired) electrons. The maximum absolute atomic E-state index is 12.1.